The molecule has 1 atom stereocenters. The quantitative estimate of drug-likeness (QED) is 0.0419. The summed E-state index contributed by atoms with van der Waals surface area (Å²) in [4.78, 5) is 12.1. The van der Waals surface area contributed by atoms with Gasteiger partial charge in [-0.15, -0.1) is 0 Å². The van der Waals surface area contributed by atoms with Crippen LogP contribution in [0.3, 0.4) is 0 Å². The van der Waals surface area contributed by atoms with Gasteiger partial charge in [0, 0.05) is 13.0 Å². The summed E-state index contributed by atoms with van der Waals surface area (Å²) >= 11 is 0. The van der Waals surface area contributed by atoms with E-state index >= 15 is 0 Å². The van der Waals surface area contributed by atoms with Crippen LogP contribution in [0.15, 0.2) is 48.6 Å². The van der Waals surface area contributed by atoms with E-state index in [1.165, 1.54) is 128 Å². The largest absolute Gasteiger partial charge is 0.457 e. The lowest BCUT2D eigenvalue weighted by atomic mass is 10.1. The Labute approximate surface area is 286 Å². The number of rotatable bonds is 36. The van der Waals surface area contributed by atoms with Crippen LogP contribution < -0.4 is 0 Å². The Morgan fingerprint density at radius 2 is 0.913 bits per heavy atom. The first-order valence-corrected chi connectivity index (χ1v) is 19.7. The first-order valence-electron chi connectivity index (χ1n) is 19.7. The van der Waals surface area contributed by atoms with Crippen molar-refractivity contribution in [1.29, 1.82) is 0 Å². The maximum atomic E-state index is 12.1. The summed E-state index contributed by atoms with van der Waals surface area (Å²) < 4.78 is 11.1. The number of carbonyl (C=O) groups excluding carboxylic acids is 1. The first-order chi connectivity index (χ1) is 22.7. The van der Waals surface area contributed by atoms with Crippen LogP contribution in [0.1, 0.15) is 187 Å². The lowest BCUT2D eigenvalue weighted by Gasteiger charge is -2.15. The molecule has 0 aromatic rings. The van der Waals surface area contributed by atoms with Gasteiger partial charge in [-0.2, -0.15) is 0 Å². The van der Waals surface area contributed by atoms with E-state index in [9.17, 15) is 9.90 Å². The molecule has 0 aromatic carbocycles. The van der Waals surface area contributed by atoms with Crippen LogP contribution in [0.5, 0.6) is 0 Å². The Hall–Kier alpha value is -1.65. The molecule has 0 heterocycles. The molecular weight excluding hydrogens is 568 g/mol. The van der Waals surface area contributed by atoms with Crippen molar-refractivity contribution in [2.24, 2.45) is 0 Å². The van der Waals surface area contributed by atoms with Crippen LogP contribution in [0.25, 0.3) is 0 Å². The van der Waals surface area contributed by atoms with Gasteiger partial charge in [-0.1, -0.05) is 152 Å². The Balaban J connectivity index is 3.48. The SMILES string of the molecule is CCCCC/C=C\C/C=C\C/C=C\CCCCCCCCCOCC(CO)OC(=O)CCCCCCC/C=C\CCCCCCC. The third kappa shape index (κ3) is 36.8. The lowest BCUT2D eigenvalue weighted by molar-refractivity contribution is -0.154. The van der Waals surface area contributed by atoms with E-state index in [4.69, 9.17) is 9.47 Å². The van der Waals surface area contributed by atoms with Gasteiger partial charge in [0.05, 0.1) is 13.2 Å². The molecule has 4 heteroatoms. The number of ether oxygens (including phenoxy) is 2. The van der Waals surface area contributed by atoms with E-state index in [0.717, 1.165) is 38.5 Å². The van der Waals surface area contributed by atoms with E-state index in [1.807, 2.05) is 0 Å². The summed E-state index contributed by atoms with van der Waals surface area (Å²) in [6.45, 7) is 5.28. The van der Waals surface area contributed by atoms with Crippen LogP contribution >= 0.6 is 0 Å². The van der Waals surface area contributed by atoms with E-state index in [2.05, 4.69) is 62.5 Å². The number of carbonyl (C=O) groups is 1. The average molecular weight is 645 g/mol. The van der Waals surface area contributed by atoms with Gasteiger partial charge < -0.3 is 14.6 Å². The molecule has 1 unspecified atom stereocenters. The van der Waals surface area contributed by atoms with Crippen LogP contribution in [0.4, 0.5) is 0 Å². The number of aliphatic hydroxyl groups excluding tert-OH is 1. The summed E-state index contributed by atoms with van der Waals surface area (Å²) in [7, 11) is 0. The van der Waals surface area contributed by atoms with Crippen LogP contribution in [0.2, 0.25) is 0 Å². The molecule has 0 aliphatic rings. The standard InChI is InChI=1S/C42H76O4/c1-3-5-7-9-11-13-15-17-19-20-21-22-23-24-26-28-30-32-34-36-38-45-40-41(39-43)46-42(44)37-35-33-31-29-27-25-18-16-14-12-10-8-6-4-2/h11,13,16-19,21-22,41,43H,3-10,12,14-15,20,23-40H2,1-2H3/b13-11-,18-16-,19-17-,22-21-. The molecular formula is C42H76O4. The fourth-order valence-corrected chi connectivity index (χ4v) is 5.39. The summed E-state index contributed by atoms with van der Waals surface area (Å²) in [5.41, 5.74) is 0. The van der Waals surface area contributed by atoms with Crippen molar-refractivity contribution in [3.8, 4) is 0 Å². The minimum atomic E-state index is -0.543. The fraction of sp³-hybridized carbons (Fsp3) is 0.786. The number of hydrogen-bond acceptors (Lipinski definition) is 4. The van der Waals surface area contributed by atoms with Crippen molar-refractivity contribution in [2.45, 2.75) is 193 Å². The predicted octanol–water partition coefficient (Wildman–Crippen LogP) is 12.7. The van der Waals surface area contributed by atoms with Crippen LogP contribution in [-0.4, -0.2) is 37.0 Å². The van der Waals surface area contributed by atoms with Gasteiger partial charge in [-0.05, 0) is 77.0 Å². The summed E-state index contributed by atoms with van der Waals surface area (Å²) in [6, 6.07) is 0. The molecule has 0 saturated heterocycles. The molecule has 0 spiro atoms. The first kappa shape index (κ1) is 44.4. The van der Waals surface area contributed by atoms with Crippen molar-refractivity contribution < 1.29 is 19.4 Å². The number of esters is 1. The van der Waals surface area contributed by atoms with E-state index in [0.29, 0.717) is 13.0 Å². The second-order valence-corrected chi connectivity index (χ2v) is 13.0. The Morgan fingerprint density at radius 3 is 1.43 bits per heavy atom. The second-order valence-electron chi connectivity index (χ2n) is 13.0. The molecule has 0 amide bonds. The average Bonchev–Trinajstić information content (AvgIpc) is 3.06. The molecule has 0 fully saturated rings. The lowest BCUT2D eigenvalue weighted by Crippen LogP contribution is -2.27. The maximum Gasteiger partial charge on any atom is 0.306 e. The molecule has 1 N–H and O–H groups in total. The van der Waals surface area contributed by atoms with Crippen LogP contribution in [0, 0.1) is 0 Å². The summed E-state index contributed by atoms with van der Waals surface area (Å²) in [5, 5.41) is 9.57. The Kier molecular flexibility index (Phi) is 38.1. The third-order valence-electron chi connectivity index (χ3n) is 8.38. The smallest absolute Gasteiger partial charge is 0.306 e. The minimum absolute atomic E-state index is 0.180. The molecule has 0 bridgehead atoms. The van der Waals surface area contributed by atoms with Gasteiger partial charge in [0.2, 0.25) is 0 Å². The highest BCUT2D eigenvalue weighted by Gasteiger charge is 2.13. The predicted molar refractivity (Wildman–Crippen MR) is 200 cm³/mol. The summed E-state index contributed by atoms with van der Waals surface area (Å²) in [6.07, 6.45) is 50.1. The summed E-state index contributed by atoms with van der Waals surface area (Å²) in [5.74, 6) is -0.215. The zero-order valence-electron chi connectivity index (χ0n) is 30.6. The van der Waals surface area contributed by atoms with Gasteiger partial charge in [0.25, 0.3) is 0 Å². The topological polar surface area (TPSA) is 55.8 Å². The molecule has 4 nitrogen and oxygen atoms in total. The van der Waals surface area contributed by atoms with Gasteiger partial charge in [0.1, 0.15) is 6.10 Å². The van der Waals surface area contributed by atoms with E-state index in [1.54, 1.807) is 0 Å². The van der Waals surface area contributed by atoms with Crippen molar-refractivity contribution in [2.75, 3.05) is 19.8 Å². The molecule has 0 aliphatic carbocycles. The second kappa shape index (κ2) is 39.5. The number of allylic oxidation sites excluding steroid dienone is 8. The molecule has 0 saturated carbocycles. The Bertz CT molecular complexity index is 723. The highest BCUT2D eigenvalue weighted by atomic mass is 16.6. The minimum Gasteiger partial charge on any atom is -0.457 e. The molecule has 268 valence electrons. The third-order valence-corrected chi connectivity index (χ3v) is 8.38. The van der Waals surface area contributed by atoms with Gasteiger partial charge in [-0.25, -0.2) is 0 Å². The zero-order valence-corrected chi connectivity index (χ0v) is 30.6. The highest BCUT2D eigenvalue weighted by Crippen LogP contribution is 2.12. The molecule has 0 radical (unpaired) electrons. The van der Waals surface area contributed by atoms with E-state index < -0.39 is 6.10 Å². The monoisotopic (exact) mass is 645 g/mol. The van der Waals surface area contributed by atoms with Gasteiger partial charge >= 0.3 is 5.97 Å². The molecule has 0 aromatic heterocycles. The molecule has 0 rings (SSSR count). The van der Waals surface area contributed by atoms with Crippen molar-refractivity contribution in [1.82, 2.24) is 0 Å². The van der Waals surface area contributed by atoms with E-state index in [-0.39, 0.29) is 19.2 Å². The van der Waals surface area contributed by atoms with Gasteiger partial charge in [0.15, 0.2) is 0 Å². The van der Waals surface area contributed by atoms with Crippen LogP contribution in [-0.2, 0) is 14.3 Å². The molecule has 46 heavy (non-hydrogen) atoms. The fourth-order valence-electron chi connectivity index (χ4n) is 5.39. The number of aliphatic hydroxyl groups is 1. The normalized spacial score (nSPS) is 12.8. The number of unbranched alkanes of at least 4 members (excludes halogenated alkanes) is 20. The zero-order chi connectivity index (χ0) is 33.4. The van der Waals surface area contributed by atoms with Crippen molar-refractivity contribution in [3.05, 3.63) is 48.6 Å². The maximum absolute atomic E-state index is 12.1. The Morgan fingerprint density at radius 1 is 0.522 bits per heavy atom. The van der Waals surface area contributed by atoms with Crippen molar-refractivity contribution in [3.63, 3.8) is 0 Å². The molecule has 0 aliphatic heterocycles. The number of hydrogen-bond donors (Lipinski definition) is 1. The highest BCUT2D eigenvalue weighted by molar-refractivity contribution is 5.69. The van der Waals surface area contributed by atoms with Crippen molar-refractivity contribution >= 4 is 5.97 Å². The van der Waals surface area contributed by atoms with Gasteiger partial charge in [-0.3, -0.25) is 4.79 Å².